The first-order chi connectivity index (χ1) is 14.2. The number of nitrogens with one attached hydrogen (secondary N) is 2. The molecule has 0 saturated carbocycles. The Bertz CT molecular complexity index is 1060. The summed E-state index contributed by atoms with van der Waals surface area (Å²) in [6, 6.07) is 14.0. The SMILES string of the molecule is Cc1cccc(C(C)(C)CNC(=O)Cc2csc(NC(=O)c3ccccc3F)n2)c1. The molecule has 0 radical (unpaired) electrons. The highest BCUT2D eigenvalue weighted by Gasteiger charge is 2.22. The summed E-state index contributed by atoms with van der Waals surface area (Å²) < 4.78 is 13.7. The van der Waals surface area contributed by atoms with Crippen molar-refractivity contribution < 1.29 is 14.0 Å². The van der Waals surface area contributed by atoms with Crippen LogP contribution in [0, 0.1) is 12.7 Å². The highest BCUT2D eigenvalue weighted by molar-refractivity contribution is 7.14. The number of hydrogen-bond acceptors (Lipinski definition) is 4. The van der Waals surface area contributed by atoms with Gasteiger partial charge in [0.25, 0.3) is 5.91 Å². The number of carbonyl (C=O) groups is 2. The molecule has 0 unspecified atom stereocenters. The van der Waals surface area contributed by atoms with Gasteiger partial charge in [-0.3, -0.25) is 14.9 Å². The predicted octanol–water partition coefficient (Wildman–Crippen LogP) is 4.48. The van der Waals surface area contributed by atoms with Crippen molar-refractivity contribution in [3.8, 4) is 0 Å². The number of carbonyl (C=O) groups excluding carboxylic acids is 2. The second-order valence-electron chi connectivity index (χ2n) is 7.78. The summed E-state index contributed by atoms with van der Waals surface area (Å²) in [5, 5.41) is 7.57. The Balaban J connectivity index is 1.55. The first-order valence-corrected chi connectivity index (χ1v) is 10.5. The molecule has 0 aliphatic rings. The van der Waals surface area contributed by atoms with Gasteiger partial charge >= 0.3 is 0 Å². The number of halogens is 1. The maximum Gasteiger partial charge on any atom is 0.260 e. The number of benzene rings is 2. The van der Waals surface area contributed by atoms with Gasteiger partial charge in [-0.2, -0.15) is 0 Å². The summed E-state index contributed by atoms with van der Waals surface area (Å²) in [5.74, 6) is -1.31. The molecule has 0 aliphatic carbocycles. The number of amides is 2. The lowest BCUT2D eigenvalue weighted by Gasteiger charge is -2.26. The number of aryl methyl sites for hydroxylation is 1. The second-order valence-corrected chi connectivity index (χ2v) is 8.64. The third-order valence-electron chi connectivity index (χ3n) is 4.76. The number of anilines is 1. The summed E-state index contributed by atoms with van der Waals surface area (Å²) in [5.41, 5.74) is 2.64. The van der Waals surface area contributed by atoms with Crippen LogP contribution in [0.2, 0.25) is 0 Å². The zero-order valence-corrected chi connectivity index (χ0v) is 18.0. The van der Waals surface area contributed by atoms with Gasteiger partial charge in [0.2, 0.25) is 5.91 Å². The Hall–Kier alpha value is -3.06. The predicted molar refractivity (Wildman–Crippen MR) is 117 cm³/mol. The van der Waals surface area contributed by atoms with Gasteiger partial charge in [-0.1, -0.05) is 55.8 Å². The smallest absolute Gasteiger partial charge is 0.260 e. The molecule has 7 heteroatoms. The monoisotopic (exact) mass is 425 g/mol. The summed E-state index contributed by atoms with van der Waals surface area (Å²) in [6.45, 7) is 6.71. The van der Waals surface area contributed by atoms with Crippen LogP contribution in [0.15, 0.2) is 53.9 Å². The van der Waals surface area contributed by atoms with Crippen LogP contribution < -0.4 is 10.6 Å². The fourth-order valence-electron chi connectivity index (χ4n) is 2.97. The molecule has 3 aromatic rings. The minimum atomic E-state index is -0.595. The first kappa shape index (κ1) is 21.6. The van der Waals surface area contributed by atoms with E-state index in [4.69, 9.17) is 0 Å². The molecular formula is C23H24FN3O2S. The molecule has 1 heterocycles. The largest absolute Gasteiger partial charge is 0.355 e. The average Bonchev–Trinajstić information content (AvgIpc) is 3.13. The molecule has 1 aromatic heterocycles. The van der Waals surface area contributed by atoms with Crippen LogP contribution >= 0.6 is 11.3 Å². The van der Waals surface area contributed by atoms with Gasteiger partial charge in [-0.15, -0.1) is 11.3 Å². The van der Waals surface area contributed by atoms with Crippen LogP contribution in [0.1, 0.15) is 41.0 Å². The number of thiazole rings is 1. The van der Waals surface area contributed by atoms with Crippen LogP contribution in [-0.4, -0.2) is 23.3 Å². The highest BCUT2D eigenvalue weighted by atomic mass is 32.1. The van der Waals surface area contributed by atoms with Crippen molar-refractivity contribution in [2.75, 3.05) is 11.9 Å². The summed E-state index contributed by atoms with van der Waals surface area (Å²) in [4.78, 5) is 28.8. The van der Waals surface area contributed by atoms with E-state index in [0.717, 1.165) is 5.56 Å². The maximum atomic E-state index is 13.7. The zero-order chi connectivity index (χ0) is 21.7. The van der Waals surface area contributed by atoms with Crippen molar-refractivity contribution >= 4 is 28.3 Å². The lowest BCUT2D eigenvalue weighted by Crippen LogP contribution is -2.37. The number of aromatic nitrogens is 1. The molecule has 5 nitrogen and oxygen atoms in total. The van der Waals surface area contributed by atoms with E-state index in [1.165, 1.54) is 35.1 Å². The number of rotatable bonds is 7. The molecule has 0 saturated heterocycles. The zero-order valence-electron chi connectivity index (χ0n) is 17.2. The third kappa shape index (κ3) is 5.51. The molecule has 3 rings (SSSR count). The Morgan fingerprint density at radius 2 is 1.90 bits per heavy atom. The van der Waals surface area contributed by atoms with Gasteiger partial charge in [0, 0.05) is 17.3 Å². The van der Waals surface area contributed by atoms with Crippen LogP contribution in [0.4, 0.5) is 9.52 Å². The van der Waals surface area contributed by atoms with Crippen molar-refractivity contribution in [2.24, 2.45) is 0 Å². The van der Waals surface area contributed by atoms with Gasteiger partial charge in [-0.25, -0.2) is 9.37 Å². The molecule has 2 amide bonds. The van der Waals surface area contributed by atoms with Crippen molar-refractivity contribution in [1.82, 2.24) is 10.3 Å². The molecule has 0 atom stereocenters. The molecule has 0 bridgehead atoms. The molecule has 0 aliphatic heterocycles. The van der Waals surface area contributed by atoms with E-state index in [2.05, 4.69) is 41.6 Å². The fourth-order valence-corrected chi connectivity index (χ4v) is 3.68. The van der Waals surface area contributed by atoms with E-state index in [0.29, 0.717) is 17.4 Å². The lowest BCUT2D eigenvalue weighted by molar-refractivity contribution is -0.120. The summed E-state index contributed by atoms with van der Waals surface area (Å²) in [6.07, 6.45) is 0.107. The molecule has 156 valence electrons. The van der Waals surface area contributed by atoms with E-state index in [1.807, 2.05) is 19.1 Å². The topological polar surface area (TPSA) is 71.1 Å². The van der Waals surface area contributed by atoms with Crippen molar-refractivity contribution in [3.63, 3.8) is 0 Å². The fraction of sp³-hybridized carbons (Fsp3) is 0.261. The Labute approximate surface area is 179 Å². The van der Waals surface area contributed by atoms with Gasteiger partial charge in [0.1, 0.15) is 5.82 Å². The second kappa shape index (κ2) is 9.17. The maximum absolute atomic E-state index is 13.7. The van der Waals surface area contributed by atoms with Gasteiger partial charge in [-0.05, 0) is 24.6 Å². The lowest BCUT2D eigenvalue weighted by atomic mass is 9.84. The van der Waals surface area contributed by atoms with Gasteiger partial charge in [0.15, 0.2) is 5.13 Å². The van der Waals surface area contributed by atoms with E-state index in [-0.39, 0.29) is 23.3 Å². The van der Waals surface area contributed by atoms with E-state index >= 15 is 0 Å². The van der Waals surface area contributed by atoms with Crippen molar-refractivity contribution in [1.29, 1.82) is 0 Å². The van der Waals surface area contributed by atoms with Gasteiger partial charge in [0.05, 0.1) is 17.7 Å². The van der Waals surface area contributed by atoms with E-state index < -0.39 is 11.7 Å². The molecule has 2 aromatic carbocycles. The van der Waals surface area contributed by atoms with Crippen LogP contribution in [0.5, 0.6) is 0 Å². The quantitative estimate of drug-likeness (QED) is 0.586. The third-order valence-corrected chi connectivity index (χ3v) is 5.57. The minimum Gasteiger partial charge on any atom is -0.355 e. The van der Waals surface area contributed by atoms with Crippen molar-refractivity contribution in [2.45, 2.75) is 32.6 Å². The molecule has 2 N–H and O–H groups in total. The summed E-state index contributed by atoms with van der Waals surface area (Å²) in [7, 11) is 0. The van der Waals surface area contributed by atoms with Crippen LogP contribution in [-0.2, 0) is 16.6 Å². The standard InChI is InChI=1S/C23H24FN3O2S/c1-15-7-6-8-16(11-15)23(2,3)14-25-20(28)12-17-13-30-22(26-17)27-21(29)18-9-4-5-10-19(18)24/h4-11,13H,12,14H2,1-3H3,(H,25,28)(H,26,27,29). The van der Waals surface area contributed by atoms with Crippen LogP contribution in [0.25, 0.3) is 0 Å². The number of hydrogen-bond donors (Lipinski definition) is 2. The molecule has 0 fully saturated rings. The van der Waals surface area contributed by atoms with Crippen molar-refractivity contribution in [3.05, 3.63) is 82.1 Å². The molecular weight excluding hydrogens is 401 g/mol. The Morgan fingerprint density at radius 3 is 2.63 bits per heavy atom. The molecule has 30 heavy (non-hydrogen) atoms. The Morgan fingerprint density at radius 1 is 1.13 bits per heavy atom. The highest BCUT2D eigenvalue weighted by Crippen LogP contribution is 2.23. The molecule has 0 spiro atoms. The van der Waals surface area contributed by atoms with E-state index in [9.17, 15) is 14.0 Å². The normalized spacial score (nSPS) is 11.2. The van der Waals surface area contributed by atoms with Crippen LogP contribution in [0.3, 0.4) is 0 Å². The average molecular weight is 426 g/mol. The van der Waals surface area contributed by atoms with E-state index in [1.54, 1.807) is 11.4 Å². The van der Waals surface area contributed by atoms with Gasteiger partial charge < -0.3 is 5.32 Å². The summed E-state index contributed by atoms with van der Waals surface area (Å²) >= 11 is 1.20. The first-order valence-electron chi connectivity index (χ1n) is 9.59. The number of nitrogens with zero attached hydrogens (tertiary/aromatic N) is 1. The minimum absolute atomic E-state index is 0.0506. The Kier molecular flexibility index (Phi) is 6.62.